The number of amides is 2. The van der Waals surface area contributed by atoms with Gasteiger partial charge < -0.3 is 4.90 Å². The van der Waals surface area contributed by atoms with E-state index < -0.39 is 6.03 Å². The number of hydrogen-bond acceptors (Lipinski definition) is 3. The molecule has 0 saturated carbocycles. The number of nitrogens with zero attached hydrogens (tertiary/aromatic N) is 2. The fourth-order valence-electron chi connectivity index (χ4n) is 1.34. The van der Waals surface area contributed by atoms with E-state index >= 15 is 0 Å². The van der Waals surface area contributed by atoms with E-state index in [4.69, 9.17) is 17.0 Å². The summed E-state index contributed by atoms with van der Waals surface area (Å²) in [5.74, 6) is 0.313. The Morgan fingerprint density at radius 3 is 2.72 bits per heavy atom. The molecule has 0 aliphatic rings. The second-order valence-corrected chi connectivity index (χ2v) is 3.84. The molecule has 0 aliphatic heterocycles. The standard InChI is InChI=1S/C11H16ClN5O/c1-3-17(4-2)10(13)16-11(18)15-9-8(12)6-5-7-14-9/h5-7H,3-4H2,1-2H3,(H3,13,14,15,16,18). The zero-order valence-electron chi connectivity index (χ0n) is 10.3. The number of halogens is 1. The molecule has 7 heteroatoms. The molecule has 0 aromatic carbocycles. The lowest BCUT2D eigenvalue weighted by atomic mass is 10.4. The Hall–Kier alpha value is -1.82. The Morgan fingerprint density at radius 2 is 2.17 bits per heavy atom. The third kappa shape index (κ3) is 3.89. The Morgan fingerprint density at radius 1 is 1.50 bits per heavy atom. The summed E-state index contributed by atoms with van der Waals surface area (Å²) in [6.45, 7) is 5.13. The number of pyridine rings is 1. The summed E-state index contributed by atoms with van der Waals surface area (Å²) in [5, 5.41) is 12.9. The molecule has 0 radical (unpaired) electrons. The van der Waals surface area contributed by atoms with Gasteiger partial charge in [-0.15, -0.1) is 0 Å². The molecule has 18 heavy (non-hydrogen) atoms. The van der Waals surface area contributed by atoms with E-state index in [-0.39, 0.29) is 11.8 Å². The van der Waals surface area contributed by atoms with E-state index in [1.165, 1.54) is 6.20 Å². The minimum Gasteiger partial charge on any atom is -0.343 e. The molecule has 3 N–H and O–H groups in total. The summed E-state index contributed by atoms with van der Waals surface area (Å²) in [6, 6.07) is 2.76. The van der Waals surface area contributed by atoms with E-state index in [0.717, 1.165) is 0 Å². The zero-order valence-corrected chi connectivity index (χ0v) is 11.1. The number of rotatable bonds is 3. The molecular formula is C11H16ClN5O. The summed E-state index contributed by atoms with van der Waals surface area (Å²) < 4.78 is 0. The van der Waals surface area contributed by atoms with Gasteiger partial charge in [-0.3, -0.25) is 16.0 Å². The number of aromatic nitrogens is 1. The van der Waals surface area contributed by atoms with E-state index in [2.05, 4.69) is 15.6 Å². The van der Waals surface area contributed by atoms with Crippen LogP contribution in [0.3, 0.4) is 0 Å². The molecule has 2 amide bonds. The van der Waals surface area contributed by atoms with Gasteiger partial charge in [0, 0.05) is 19.3 Å². The quantitative estimate of drug-likeness (QED) is 0.581. The summed E-state index contributed by atoms with van der Waals surface area (Å²) in [5.41, 5.74) is 0. The number of urea groups is 1. The van der Waals surface area contributed by atoms with Gasteiger partial charge in [-0.2, -0.15) is 0 Å². The molecule has 0 spiro atoms. The first kappa shape index (κ1) is 14.2. The van der Waals surface area contributed by atoms with E-state index in [1.807, 2.05) is 13.8 Å². The molecule has 1 heterocycles. The molecular weight excluding hydrogens is 254 g/mol. The van der Waals surface area contributed by atoms with Crippen molar-refractivity contribution in [2.75, 3.05) is 18.4 Å². The van der Waals surface area contributed by atoms with Crippen molar-refractivity contribution in [2.24, 2.45) is 0 Å². The van der Waals surface area contributed by atoms with Crippen LogP contribution in [0.1, 0.15) is 13.8 Å². The van der Waals surface area contributed by atoms with Crippen LogP contribution >= 0.6 is 11.6 Å². The second kappa shape index (κ2) is 6.80. The van der Waals surface area contributed by atoms with Gasteiger partial charge in [0.05, 0.1) is 5.02 Å². The third-order valence-corrected chi connectivity index (χ3v) is 2.61. The fraction of sp³-hybridized carbons (Fsp3) is 0.364. The monoisotopic (exact) mass is 269 g/mol. The van der Waals surface area contributed by atoms with E-state index in [9.17, 15) is 4.79 Å². The highest BCUT2D eigenvalue weighted by Gasteiger charge is 2.11. The van der Waals surface area contributed by atoms with Crippen LogP contribution in [-0.4, -0.2) is 35.0 Å². The Kier molecular flexibility index (Phi) is 5.38. The van der Waals surface area contributed by atoms with Crippen LogP contribution < -0.4 is 10.6 Å². The second-order valence-electron chi connectivity index (χ2n) is 3.43. The van der Waals surface area contributed by atoms with Crippen LogP contribution in [0.15, 0.2) is 18.3 Å². The molecule has 0 aliphatic carbocycles. The van der Waals surface area contributed by atoms with Gasteiger partial charge in [-0.1, -0.05) is 11.6 Å². The maximum atomic E-state index is 11.6. The highest BCUT2D eigenvalue weighted by atomic mass is 35.5. The van der Waals surface area contributed by atoms with Crippen molar-refractivity contribution >= 4 is 29.4 Å². The van der Waals surface area contributed by atoms with Gasteiger partial charge in [0.2, 0.25) is 0 Å². The average Bonchev–Trinajstić information content (AvgIpc) is 2.33. The van der Waals surface area contributed by atoms with Crippen molar-refractivity contribution in [3.05, 3.63) is 23.4 Å². The SMILES string of the molecule is CCN(CC)C(=N)NC(=O)Nc1ncccc1Cl. The zero-order chi connectivity index (χ0) is 13.5. The number of carbonyl (C=O) groups is 1. The normalized spacial score (nSPS) is 9.72. The number of carbonyl (C=O) groups excluding carboxylic acids is 1. The van der Waals surface area contributed by atoms with Gasteiger partial charge >= 0.3 is 6.03 Å². The van der Waals surface area contributed by atoms with E-state index in [0.29, 0.717) is 18.1 Å². The predicted molar refractivity (Wildman–Crippen MR) is 72.0 cm³/mol. The molecule has 6 nitrogen and oxygen atoms in total. The molecule has 0 fully saturated rings. The van der Waals surface area contributed by atoms with Crippen LogP contribution in [0.2, 0.25) is 5.02 Å². The maximum absolute atomic E-state index is 11.6. The Labute approximate surface area is 111 Å². The topological polar surface area (TPSA) is 81.1 Å². The summed E-state index contributed by atoms with van der Waals surface area (Å²) in [6.07, 6.45) is 1.53. The first-order valence-corrected chi connectivity index (χ1v) is 5.98. The Bertz CT molecular complexity index is 433. The van der Waals surface area contributed by atoms with Crippen molar-refractivity contribution < 1.29 is 4.79 Å². The molecule has 0 atom stereocenters. The Balaban J connectivity index is 2.57. The fourth-order valence-corrected chi connectivity index (χ4v) is 1.51. The minimum absolute atomic E-state index is 0.0459. The third-order valence-electron chi connectivity index (χ3n) is 2.30. The van der Waals surface area contributed by atoms with Crippen molar-refractivity contribution in [1.29, 1.82) is 5.41 Å². The highest BCUT2D eigenvalue weighted by Crippen LogP contribution is 2.16. The molecule has 0 unspecified atom stereocenters. The lowest BCUT2D eigenvalue weighted by molar-refractivity contribution is 0.254. The smallest absolute Gasteiger partial charge is 0.327 e. The summed E-state index contributed by atoms with van der Waals surface area (Å²) in [7, 11) is 0. The molecule has 1 rings (SSSR count). The van der Waals surface area contributed by atoms with Crippen LogP contribution in [0, 0.1) is 5.41 Å². The molecule has 0 bridgehead atoms. The van der Waals surface area contributed by atoms with Gasteiger partial charge in [0.1, 0.15) is 0 Å². The lowest BCUT2D eigenvalue weighted by Crippen LogP contribution is -2.45. The summed E-state index contributed by atoms with van der Waals surface area (Å²) in [4.78, 5) is 17.3. The molecule has 1 aromatic rings. The maximum Gasteiger partial charge on any atom is 0.327 e. The average molecular weight is 270 g/mol. The van der Waals surface area contributed by atoms with Gasteiger partial charge in [0.25, 0.3) is 0 Å². The van der Waals surface area contributed by atoms with Crippen LogP contribution in [0.5, 0.6) is 0 Å². The molecule has 1 aromatic heterocycles. The first-order valence-electron chi connectivity index (χ1n) is 5.60. The first-order chi connectivity index (χ1) is 8.58. The van der Waals surface area contributed by atoms with E-state index in [1.54, 1.807) is 17.0 Å². The predicted octanol–water partition coefficient (Wildman–Crippen LogP) is 2.13. The number of guanidine groups is 1. The van der Waals surface area contributed by atoms with Crippen molar-refractivity contribution in [3.8, 4) is 0 Å². The van der Waals surface area contributed by atoms with Crippen LogP contribution in [-0.2, 0) is 0 Å². The minimum atomic E-state index is -0.535. The van der Waals surface area contributed by atoms with Gasteiger partial charge in [0.15, 0.2) is 11.8 Å². The van der Waals surface area contributed by atoms with Crippen molar-refractivity contribution in [1.82, 2.24) is 15.2 Å². The van der Waals surface area contributed by atoms with Gasteiger partial charge in [-0.25, -0.2) is 9.78 Å². The van der Waals surface area contributed by atoms with Crippen LogP contribution in [0.25, 0.3) is 0 Å². The lowest BCUT2D eigenvalue weighted by Gasteiger charge is -2.21. The molecule has 98 valence electrons. The largest absolute Gasteiger partial charge is 0.343 e. The summed E-state index contributed by atoms with van der Waals surface area (Å²) >= 11 is 5.85. The van der Waals surface area contributed by atoms with Crippen molar-refractivity contribution in [2.45, 2.75) is 13.8 Å². The molecule has 0 saturated heterocycles. The van der Waals surface area contributed by atoms with Crippen LogP contribution in [0.4, 0.5) is 10.6 Å². The van der Waals surface area contributed by atoms with Gasteiger partial charge in [-0.05, 0) is 26.0 Å². The highest BCUT2D eigenvalue weighted by molar-refractivity contribution is 6.33. The number of nitrogens with one attached hydrogen (secondary N) is 3. The number of anilines is 1. The van der Waals surface area contributed by atoms with Crippen molar-refractivity contribution in [3.63, 3.8) is 0 Å². The number of hydrogen-bond donors (Lipinski definition) is 3.